The first-order valence-electron chi connectivity index (χ1n) is 14.8. The van der Waals surface area contributed by atoms with E-state index >= 15 is 4.39 Å². The Balaban J connectivity index is 1.44. The fourth-order valence-corrected chi connectivity index (χ4v) is 6.50. The molecular weight excluding hydrogens is 641 g/mol. The van der Waals surface area contributed by atoms with Crippen molar-refractivity contribution in [1.29, 1.82) is 0 Å². The second-order valence-corrected chi connectivity index (χ2v) is 14.8. The molecule has 3 aromatic rings. The topological polar surface area (TPSA) is 183 Å². The van der Waals surface area contributed by atoms with Crippen LogP contribution in [0.1, 0.15) is 50.0 Å². The molecule has 252 valence electrons. The van der Waals surface area contributed by atoms with Crippen LogP contribution >= 0.6 is 0 Å². The lowest BCUT2D eigenvalue weighted by Crippen LogP contribution is -2.46. The minimum Gasteiger partial charge on any atom is -0.484 e. The Kier molecular flexibility index (Phi) is 7.68. The summed E-state index contributed by atoms with van der Waals surface area (Å²) in [5.41, 5.74) is -3.08. The lowest BCUT2D eigenvalue weighted by molar-refractivity contribution is -0.0650. The first-order valence-corrected chi connectivity index (χ1v) is 16.6. The number of pyridine rings is 1. The zero-order valence-corrected chi connectivity index (χ0v) is 27.1. The lowest BCUT2D eigenvalue weighted by atomic mass is 9.96. The molecule has 3 aliphatic rings. The number of rotatable bonds is 7. The van der Waals surface area contributed by atoms with Crippen molar-refractivity contribution in [3.05, 3.63) is 51.6 Å². The van der Waals surface area contributed by atoms with Crippen LogP contribution in [0.3, 0.4) is 0 Å². The largest absolute Gasteiger partial charge is 0.484 e. The highest BCUT2D eigenvalue weighted by molar-refractivity contribution is 7.85. The third kappa shape index (κ3) is 6.07. The Hall–Kier alpha value is -4.41. The maximum atomic E-state index is 16.0. The van der Waals surface area contributed by atoms with Crippen LogP contribution in [0.25, 0.3) is 16.6 Å². The van der Waals surface area contributed by atoms with E-state index in [1.54, 1.807) is 37.8 Å². The van der Waals surface area contributed by atoms with Crippen LogP contribution in [-0.2, 0) is 25.5 Å². The molecule has 3 atom stereocenters. The summed E-state index contributed by atoms with van der Waals surface area (Å²) in [5, 5.41) is 23.5. The van der Waals surface area contributed by atoms with Gasteiger partial charge in [0.2, 0.25) is 5.43 Å². The summed E-state index contributed by atoms with van der Waals surface area (Å²) in [6.07, 6.45) is 1.00. The molecule has 2 aromatic carbocycles. The quantitative estimate of drug-likeness (QED) is 0.244. The van der Waals surface area contributed by atoms with E-state index < -0.39 is 62.9 Å². The number of benzene rings is 2. The molecule has 3 aliphatic heterocycles. The van der Waals surface area contributed by atoms with E-state index in [2.05, 4.69) is 5.32 Å². The van der Waals surface area contributed by atoms with Gasteiger partial charge in [0.25, 0.3) is 10.1 Å². The summed E-state index contributed by atoms with van der Waals surface area (Å²) in [5.74, 6) is -2.02. The second kappa shape index (κ2) is 11.1. The van der Waals surface area contributed by atoms with Gasteiger partial charge in [0.1, 0.15) is 39.8 Å². The molecular formula is C31H34FN3O11S. The van der Waals surface area contributed by atoms with E-state index in [-0.39, 0.29) is 58.5 Å². The minimum atomic E-state index is -3.86. The van der Waals surface area contributed by atoms with Gasteiger partial charge in [-0.05, 0) is 46.2 Å². The van der Waals surface area contributed by atoms with E-state index in [1.165, 1.54) is 11.5 Å². The molecule has 3 N–H and O–H groups in total. The Bertz CT molecular complexity index is 2000. The smallest absolute Gasteiger partial charge is 0.407 e. The maximum Gasteiger partial charge on any atom is 0.407 e. The number of nitrogens with zero attached hydrogens (tertiary/aromatic N) is 2. The summed E-state index contributed by atoms with van der Waals surface area (Å²) in [4.78, 5) is 39.6. The molecule has 0 radical (unpaired) electrons. The number of anilines is 1. The van der Waals surface area contributed by atoms with E-state index in [1.807, 2.05) is 0 Å². The van der Waals surface area contributed by atoms with Gasteiger partial charge in [-0.15, -0.1) is 0 Å². The summed E-state index contributed by atoms with van der Waals surface area (Å²) in [7, 11) is -3.86. The summed E-state index contributed by atoms with van der Waals surface area (Å²) < 4.78 is 63.2. The summed E-state index contributed by atoms with van der Waals surface area (Å²) >= 11 is 0. The number of amides is 1. The van der Waals surface area contributed by atoms with Crippen LogP contribution in [0.15, 0.2) is 29.2 Å². The number of alkyl carbamates (subject to hydrolysis) is 1. The Morgan fingerprint density at radius 2 is 1.89 bits per heavy atom. The molecule has 14 nitrogen and oxygen atoms in total. The van der Waals surface area contributed by atoms with Crippen molar-refractivity contribution < 1.29 is 51.0 Å². The first kappa shape index (κ1) is 32.5. The van der Waals surface area contributed by atoms with Gasteiger partial charge in [-0.2, -0.15) is 8.42 Å². The molecule has 0 aliphatic carbocycles. The number of aromatic nitrogens is 1. The molecule has 1 aromatic heterocycles. The van der Waals surface area contributed by atoms with Gasteiger partial charge in [-0.25, -0.2) is 14.0 Å². The standard InChI is InChI=1S/C31H34FN3O11S/c1-30(2,3)46-29(39)33-16-8-9-34(12-16)23-19(32)11-17-22-27(23)44-20-7-6-15-10-21(31(4,40)14-43-47(5,41)42)45-26(15)24(20)35(22)13-18(25(17)36)28(37)38/h6-7,11,13,16,21,40H,8-10,12,14H2,1-5H3,(H,33,39)(H,37,38)/t16-,21+,31+/m0/s1. The van der Waals surface area contributed by atoms with Crippen LogP contribution in [-0.4, -0.2) is 84.6 Å². The second-order valence-electron chi connectivity index (χ2n) is 13.2. The van der Waals surface area contributed by atoms with Gasteiger partial charge in [-0.1, -0.05) is 6.07 Å². The van der Waals surface area contributed by atoms with Crippen molar-refractivity contribution >= 4 is 38.8 Å². The molecule has 1 fully saturated rings. The normalized spacial score (nSPS) is 19.8. The minimum absolute atomic E-state index is 0.0213. The number of fused-ring (bicyclic) bond motifs is 4. The molecule has 4 heterocycles. The van der Waals surface area contributed by atoms with E-state index in [0.717, 1.165) is 18.5 Å². The fourth-order valence-electron chi connectivity index (χ4n) is 6.05. The number of ether oxygens (including phenoxy) is 3. The molecule has 1 amide bonds. The predicted octanol–water partition coefficient (Wildman–Crippen LogP) is 3.07. The number of aromatic carboxylic acids is 1. The number of hydrogen-bond donors (Lipinski definition) is 3. The van der Waals surface area contributed by atoms with Crippen LogP contribution in [0, 0.1) is 5.82 Å². The number of aliphatic hydroxyl groups is 1. The van der Waals surface area contributed by atoms with Crippen molar-refractivity contribution in [2.75, 3.05) is 30.9 Å². The van der Waals surface area contributed by atoms with Crippen LogP contribution < -0.4 is 25.1 Å². The number of halogens is 1. The average molecular weight is 676 g/mol. The number of carbonyl (C=O) groups is 2. The fraction of sp³-hybridized carbons (Fsp3) is 0.452. The van der Waals surface area contributed by atoms with Crippen molar-refractivity contribution in [1.82, 2.24) is 9.88 Å². The van der Waals surface area contributed by atoms with Gasteiger partial charge < -0.3 is 39.2 Å². The van der Waals surface area contributed by atoms with Gasteiger partial charge in [-0.3, -0.25) is 8.98 Å². The molecule has 0 unspecified atom stereocenters. The predicted molar refractivity (Wildman–Crippen MR) is 166 cm³/mol. The van der Waals surface area contributed by atoms with Crippen molar-refractivity contribution in [2.45, 2.75) is 63.9 Å². The number of nitrogens with one attached hydrogen (secondary N) is 1. The Morgan fingerprint density at radius 3 is 2.55 bits per heavy atom. The Morgan fingerprint density at radius 1 is 1.17 bits per heavy atom. The van der Waals surface area contributed by atoms with Gasteiger partial charge in [0.15, 0.2) is 23.1 Å². The molecule has 1 saturated heterocycles. The van der Waals surface area contributed by atoms with E-state index in [4.69, 9.17) is 18.4 Å². The monoisotopic (exact) mass is 675 g/mol. The molecule has 16 heteroatoms. The highest BCUT2D eigenvalue weighted by Gasteiger charge is 2.43. The third-order valence-electron chi connectivity index (χ3n) is 8.18. The number of carbonyl (C=O) groups excluding carboxylic acids is 1. The van der Waals surface area contributed by atoms with Gasteiger partial charge in [0, 0.05) is 31.3 Å². The van der Waals surface area contributed by atoms with Crippen LogP contribution in [0.2, 0.25) is 0 Å². The molecule has 0 spiro atoms. The number of hydrogen-bond acceptors (Lipinski definition) is 11. The number of carboxylic acids is 1. The van der Waals surface area contributed by atoms with Crippen molar-refractivity contribution in [2.24, 2.45) is 0 Å². The van der Waals surface area contributed by atoms with E-state index in [9.17, 15) is 33.0 Å². The lowest BCUT2D eigenvalue weighted by Gasteiger charge is -2.31. The average Bonchev–Trinajstić information content (AvgIpc) is 3.59. The molecule has 47 heavy (non-hydrogen) atoms. The number of carboxylic acid groups (broad SMARTS) is 1. The zero-order chi connectivity index (χ0) is 34.2. The molecule has 0 bridgehead atoms. The van der Waals surface area contributed by atoms with Gasteiger partial charge in [0.05, 0.1) is 24.3 Å². The maximum absolute atomic E-state index is 16.0. The zero-order valence-electron chi connectivity index (χ0n) is 26.2. The molecule has 6 rings (SSSR count). The summed E-state index contributed by atoms with van der Waals surface area (Å²) in [6.45, 7) is 6.52. The van der Waals surface area contributed by atoms with E-state index in [0.29, 0.717) is 18.5 Å². The van der Waals surface area contributed by atoms with Gasteiger partial charge >= 0.3 is 12.1 Å². The van der Waals surface area contributed by atoms with Crippen LogP contribution in [0.4, 0.5) is 14.9 Å². The SMILES string of the molecule is CC(C)(C)OC(=O)N[C@H]1CCN(c2c(F)cc3c(=O)c(C(=O)O)cn4c3c2Oc2ccc3c(c2-4)O[C@@H]([C@](C)(O)COS(C)(=O)=O)C3)C1. The highest BCUT2D eigenvalue weighted by atomic mass is 32.2. The van der Waals surface area contributed by atoms with Crippen LogP contribution in [0.5, 0.6) is 17.2 Å². The van der Waals surface area contributed by atoms with Crippen molar-refractivity contribution in [3.8, 4) is 22.9 Å². The molecule has 0 saturated carbocycles. The first-order chi connectivity index (χ1) is 21.8. The third-order valence-corrected chi connectivity index (χ3v) is 8.73. The Labute approximate surface area is 268 Å². The summed E-state index contributed by atoms with van der Waals surface area (Å²) in [6, 6.07) is 3.84. The highest BCUT2D eigenvalue weighted by Crippen LogP contribution is 2.52. The van der Waals surface area contributed by atoms with Crippen molar-refractivity contribution in [3.63, 3.8) is 0 Å².